The highest BCUT2D eigenvalue weighted by molar-refractivity contribution is 9.11. The molecule has 0 saturated heterocycles. The van der Waals surface area contributed by atoms with Gasteiger partial charge in [-0.15, -0.1) is 11.3 Å². The topological polar surface area (TPSA) is 42.4 Å². The van der Waals surface area contributed by atoms with Gasteiger partial charge in [-0.05, 0) is 56.5 Å². The number of aryl methyl sites for hydroxylation is 1. The maximum absolute atomic E-state index is 9.10. The Morgan fingerprint density at radius 1 is 1.33 bits per heavy atom. The van der Waals surface area contributed by atoms with E-state index in [2.05, 4.69) is 36.8 Å². The fraction of sp³-hybridized carbons (Fsp3) is 0.250. The summed E-state index contributed by atoms with van der Waals surface area (Å²) in [5.41, 5.74) is 1.74. The minimum atomic E-state index is 0.00274. The molecule has 2 rings (SSSR count). The molecule has 18 heavy (non-hydrogen) atoms. The SMILES string of the molecule is Cc1nc(COc2c(Br)cc(CO)cc2Br)cs1. The van der Waals surface area contributed by atoms with Crippen molar-refractivity contribution < 1.29 is 9.84 Å². The van der Waals surface area contributed by atoms with Gasteiger partial charge in [0.25, 0.3) is 0 Å². The molecule has 0 saturated carbocycles. The lowest BCUT2D eigenvalue weighted by molar-refractivity contribution is 0.279. The molecule has 0 unspecified atom stereocenters. The van der Waals surface area contributed by atoms with E-state index in [1.807, 2.05) is 24.4 Å². The van der Waals surface area contributed by atoms with E-state index in [4.69, 9.17) is 9.84 Å². The number of aromatic nitrogens is 1. The van der Waals surface area contributed by atoms with Crippen LogP contribution in [0.25, 0.3) is 0 Å². The summed E-state index contributed by atoms with van der Waals surface area (Å²) in [7, 11) is 0. The van der Waals surface area contributed by atoms with Crippen molar-refractivity contribution in [3.8, 4) is 5.75 Å². The van der Waals surface area contributed by atoms with Crippen molar-refractivity contribution >= 4 is 43.2 Å². The predicted molar refractivity (Wildman–Crippen MR) is 78.9 cm³/mol. The van der Waals surface area contributed by atoms with E-state index < -0.39 is 0 Å². The molecule has 0 fully saturated rings. The monoisotopic (exact) mass is 391 g/mol. The zero-order chi connectivity index (χ0) is 13.1. The lowest BCUT2D eigenvalue weighted by atomic mass is 10.2. The van der Waals surface area contributed by atoms with Crippen molar-refractivity contribution in [2.75, 3.05) is 0 Å². The van der Waals surface area contributed by atoms with Crippen LogP contribution in [0.1, 0.15) is 16.3 Å². The molecule has 6 heteroatoms. The number of aliphatic hydroxyl groups excluding tert-OH is 1. The van der Waals surface area contributed by atoms with Crippen molar-refractivity contribution in [3.63, 3.8) is 0 Å². The van der Waals surface area contributed by atoms with E-state index in [-0.39, 0.29) is 6.61 Å². The first-order valence-electron chi connectivity index (χ1n) is 5.22. The second-order valence-electron chi connectivity index (χ2n) is 3.69. The Morgan fingerprint density at radius 3 is 2.50 bits per heavy atom. The first kappa shape index (κ1) is 14.0. The highest BCUT2D eigenvalue weighted by Crippen LogP contribution is 2.35. The predicted octanol–water partition coefficient (Wildman–Crippen LogP) is 4.05. The zero-order valence-electron chi connectivity index (χ0n) is 9.61. The summed E-state index contributed by atoms with van der Waals surface area (Å²) in [5, 5.41) is 12.1. The normalized spacial score (nSPS) is 10.7. The molecule has 1 N–H and O–H groups in total. The van der Waals surface area contributed by atoms with Crippen LogP contribution in [0, 0.1) is 6.92 Å². The van der Waals surface area contributed by atoms with Crippen molar-refractivity contribution in [3.05, 3.63) is 42.7 Å². The maximum atomic E-state index is 9.10. The molecule has 0 aliphatic rings. The van der Waals surface area contributed by atoms with Gasteiger partial charge >= 0.3 is 0 Å². The minimum Gasteiger partial charge on any atom is -0.485 e. The summed E-state index contributed by atoms with van der Waals surface area (Å²) < 4.78 is 7.36. The molecule has 3 nitrogen and oxygen atoms in total. The smallest absolute Gasteiger partial charge is 0.148 e. The number of hydrogen-bond acceptors (Lipinski definition) is 4. The molecular weight excluding hydrogens is 382 g/mol. The van der Waals surface area contributed by atoms with Crippen molar-refractivity contribution in [1.29, 1.82) is 0 Å². The second-order valence-corrected chi connectivity index (χ2v) is 6.46. The van der Waals surface area contributed by atoms with Crippen LogP contribution in [0.15, 0.2) is 26.5 Å². The van der Waals surface area contributed by atoms with Crippen LogP contribution in [-0.2, 0) is 13.2 Å². The standard InChI is InChI=1S/C12H11Br2NO2S/c1-7-15-9(6-18-7)5-17-12-10(13)2-8(4-16)3-11(12)14/h2-3,6,16H,4-5H2,1H3. The number of rotatable bonds is 4. The van der Waals surface area contributed by atoms with E-state index in [0.29, 0.717) is 6.61 Å². The summed E-state index contributed by atoms with van der Waals surface area (Å²) in [4.78, 5) is 4.34. The third-order valence-electron chi connectivity index (χ3n) is 2.27. The van der Waals surface area contributed by atoms with E-state index in [1.54, 1.807) is 11.3 Å². The van der Waals surface area contributed by atoms with Gasteiger partial charge < -0.3 is 9.84 Å². The number of benzene rings is 1. The largest absolute Gasteiger partial charge is 0.485 e. The Morgan fingerprint density at radius 2 is 2.00 bits per heavy atom. The number of halogens is 2. The van der Waals surface area contributed by atoms with Crippen molar-refractivity contribution in [2.24, 2.45) is 0 Å². The van der Waals surface area contributed by atoms with Crippen LogP contribution in [0.2, 0.25) is 0 Å². The van der Waals surface area contributed by atoms with Crippen LogP contribution >= 0.6 is 43.2 Å². The highest BCUT2D eigenvalue weighted by Gasteiger charge is 2.09. The quantitative estimate of drug-likeness (QED) is 0.853. The first-order valence-corrected chi connectivity index (χ1v) is 7.69. The third-order valence-corrected chi connectivity index (χ3v) is 4.27. The molecule has 2 aromatic rings. The van der Waals surface area contributed by atoms with Crippen LogP contribution in [0.3, 0.4) is 0 Å². The Kier molecular flexibility index (Phi) is 4.77. The van der Waals surface area contributed by atoms with Gasteiger partial charge in [-0.2, -0.15) is 0 Å². The Bertz CT molecular complexity index is 534. The molecule has 1 aromatic heterocycles. The van der Waals surface area contributed by atoms with E-state index >= 15 is 0 Å². The molecule has 96 valence electrons. The van der Waals surface area contributed by atoms with Gasteiger partial charge in [0.15, 0.2) is 0 Å². The van der Waals surface area contributed by atoms with Gasteiger partial charge in [-0.1, -0.05) is 0 Å². The molecule has 0 atom stereocenters. The zero-order valence-corrected chi connectivity index (χ0v) is 13.6. The molecule has 1 aromatic carbocycles. The molecule has 0 bridgehead atoms. The number of hydrogen-bond donors (Lipinski definition) is 1. The average Bonchev–Trinajstić information content (AvgIpc) is 2.73. The summed E-state index contributed by atoms with van der Waals surface area (Å²) in [6.07, 6.45) is 0. The molecule has 0 spiro atoms. The Labute approximate surface area is 126 Å². The highest BCUT2D eigenvalue weighted by atomic mass is 79.9. The summed E-state index contributed by atoms with van der Waals surface area (Å²) >= 11 is 8.47. The number of nitrogens with zero attached hydrogens (tertiary/aromatic N) is 1. The molecule has 0 aliphatic heterocycles. The van der Waals surface area contributed by atoms with Crippen molar-refractivity contribution in [2.45, 2.75) is 20.1 Å². The Hall–Kier alpha value is -0.430. The average molecular weight is 393 g/mol. The summed E-state index contributed by atoms with van der Waals surface area (Å²) in [5.74, 6) is 0.720. The van der Waals surface area contributed by atoms with Gasteiger partial charge in [0.05, 0.1) is 26.3 Å². The summed E-state index contributed by atoms with van der Waals surface area (Å²) in [6.45, 7) is 2.40. The summed E-state index contributed by atoms with van der Waals surface area (Å²) in [6, 6.07) is 3.68. The minimum absolute atomic E-state index is 0.00274. The van der Waals surface area contributed by atoms with Crippen molar-refractivity contribution in [1.82, 2.24) is 4.98 Å². The van der Waals surface area contributed by atoms with Gasteiger partial charge in [-0.25, -0.2) is 4.98 Å². The maximum Gasteiger partial charge on any atom is 0.148 e. The van der Waals surface area contributed by atoms with E-state index in [9.17, 15) is 0 Å². The molecule has 1 heterocycles. The number of ether oxygens (including phenoxy) is 1. The van der Waals surface area contributed by atoms with Crippen LogP contribution < -0.4 is 4.74 Å². The second kappa shape index (κ2) is 6.14. The number of thiazole rings is 1. The van der Waals surface area contributed by atoms with Gasteiger partial charge in [-0.3, -0.25) is 0 Å². The fourth-order valence-corrected chi connectivity index (χ4v) is 3.57. The van der Waals surface area contributed by atoms with E-state index in [1.165, 1.54) is 0 Å². The van der Waals surface area contributed by atoms with Crippen LogP contribution in [0.4, 0.5) is 0 Å². The van der Waals surface area contributed by atoms with Gasteiger partial charge in [0.2, 0.25) is 0 Å². The van der Waals surface area contributed by atoms with Crippen LogP contribution in [0.5, 0.6) is 5.75 Å². The van der Waals surface area contributed by atoms with Gasteiger partial charge in [0.1, 0.15) is 12.4 Å². The molecule has 0 radical (unpaired) electrons. The molecule has 0 aliphatic carbocycles. The van der Waals surface area contributed by atoms with E-state index in [0.717, 1.165) is 31.0 Å². The fourth-order valence-electron chi connectivity index (χ4n) is 1.46. The lowest BCUT2D eigenvalue weighted by Crippen LogP contribution is -1.98. The van der Waals surface area contributed by atoms with Gasteiger partial charge in [0, 0.05) is 5.38 Å². The lowest BCUT2D eigenvalue weighted by Gasteiger charge is -2.10. The Balaban J connectivity index is 2.14. The third kappa shape index (κ3) is 3.32. The van der Waals surface area contributed by atoms with Crippen LogP contribution in [-0.4, -0.2) is 10.1 Å². The first-order chi connectivity index (χ1) is 8.60. The molecular formula is C12H11Br2NO2S. The molecule has 0 amide bonds. The number of aliphatic hydroxyl groups is 1.